The van der Waals surface area contributed by atoms with Crippen LogP contribution in [-0.4, -0.2) is 41.7 Å². The lowest BCUT2D eigenvalue weighted by atomic mass is 10.2. The van der Waals surface area contributed by atoms with Crippen LogP contribution in [0.5, 0.6) is 0 Å². The Morgan fingerprint density at radius 3 is 2.29 bits per heavy atom. The van der Waals surface area contributed by atoms with Crippen molar-refractivity contribution in [2.24, 2.45) is 0 Å². The largest absolute Gasteiger partial charge is 0.480 e. The van der Waals surface area contributed by atoms with Crippen LogP contribution in [-0.2, 0) is 14.4 Å². The Balaban J connectivity index is 2.15. The van der Waals surface area contributed by atoms with E-state index in [1.54, 1.807) is 11.8 Å². The van der Waals surface area contributed by atoms with Crippen molar-refractivity contribution < 1.29 is 19.5 Å². The number of nitrogens with one attached hydrogen (secondary N) is 2. The lowest BCUT2D eigenvalue weighted by molar-refractivity contribution is -0.137. The highest BCUT2D eigenvalue weighted by molar-refractivity contribution is 7.99. The minimum Gasteiger partial charge on any atom is -0.480 e. The van der Waals surface area contributed by atoms with Crippen molar-refractivity contribution >= 4 is 29.5 Å². The van der Waals surface area contributed by atoms with E-state index in [-0.39, 0.29) is 12.5 Å². The van der Waals surface area contributed by atoms with Gasteiger partial charge in [-0.25, -0.2) is 0 Å². The van der Waals surface area contributed by atoms with E-state index in [1.807, 2.05) is 31.2 Å². The summed E-state index contributed by atoms with van der Waals surface area (Å²) in [7, 11) is 0. The van der Waals surface area contributed by atoms with Gasteiger partial charge in [-0.15, -0.1) is 11.8 Å². The third kappa shape index (κ3) is 7.98. The molecule has 2 amide bonds. The van der Waals surface area contributed by atoms with E-state index >= 15 is 0 Å². The quantitative estimate of drug-likeness (QED) is 0.617. The molecule has 0 aliphatic heterocycles. The molecule has 1 rings (SSSR count). The summed E-state index contributed by atoms with van der Waals surface area (Å²) >= 11 is 1.57. The Morgan fingerprint density at radius 2 is 1.67 bits per heavy atom. The predicted octanol–water partition coefficient (Wildman–Crippen LogP) is 0.794. The third-order valence-electron chi connectivity index (χ3n) is 2.50. The van der Waals surface area contributed by atoms with E-state index in [0.29, 0.717) is 12.2 Å². The average Bonchev–Trinajstić information content (AvgIpc) is 2.45. The van der Waals surface area contributed by atoms with E-state index in [1.165, 1.54) is 5.56 Å². The fourth-order valence-electron chi connectivity index (χ4n) is 1.40. The van der Waals surface area contributed by atoms with E-state index in [0.717, 1.165) is 4.90 Å². The first-order chi connectivity index (χ1) is 9.97. The molecule has 0 unspecified atom stereocenters. The molecule has 0 fully saturated rings. The molecule has 1 aromatic carbocycles. The van der Waals surface area contributed by atoms with Crippen LogP contribution in [0.25, 0.3) is 0 Å². The van der Waals surface area contributed by atoms with Crippen molar-refractivity contribution in [1.29, 1.82) is 0 Å². The maximum absolute atomic E-state index is 11.5. The zero-order chi connectivity index (χ0) is 15.7. The normalized spacial score (nSPS) is 9.95. The molecular weight excluding hydrogens is 292 g/mol. The second kappa shape index (κ2) is 9.02. The molecule has 6 nitrogen and oxygen atoms in total. The van der Waals surface area contributed by atoms with Gasteiger partial charge in [0.25, 0.3) is 0 Å². The van der Waals surface area contributed by atoms with Gasteiger partial charge in [-0.3, -0.25) is 14.4 Å². The fourth-order valence-corrected chi connectivity index (χ4v) is 2.25. The number of hydrogen-bond donors (Lipinski definition) is 3. The van der Waals surface area contributed by atoms with Crippen molar-refractivity contribution in [2.45, 2.75) is 18.2 Å². The maximum atomic E-state index is 11.5. The number of thioether (sulfide) groups is 1. The van der Waals surface area contributed by atoms with E-state index in [4.69, 9.17) is 5.11 Å². The number of amides is 2. The number of aryl methyl sites for hydroxylation is 1. The van der Waals surface area contributed by atoms with Gasteiger partial charge in [-0.05, 0) is 19.1 Å². The lowest BCUT2D eigenvalue weighted by Crippen LogP contribution is -2.39. The standard InChI is InChI=1S/C14H18N2O4S/c1-10-2-4-11(5-3-10)21-7-6-12(17)15-8-13(18)16-9-14(19)20/h2-5H,6-9H2,1H3,(H,15,17)(H,16,18)(H,19,20). The maximum Gasteiger partial charge on any atom is 0.322 e. The Hall–Kier alpha value is -2.02. The minimum absolute atomic E-state index is 0.207. The van der Waals surface area contributed by atoms with Crippen LogP contribution in [0.1, 0.15) is 12.0 Å². The third-order valence-corrected chi connectivity index (χ3v) is 3.52. The number of carbonyl (C=O) groups is 3. The summed E-state index contributed by atoms with van der Waals surface area (Å²) in [6, 6.07) is 8.01. The molecule has 0 aliphatic carbocycles. The van der Waals surface area contributed by atoms with Crippen LogP contribution in [0.2, 0.25) is 0 Å². The van der Waals surface area contributed by atoms with Gasteiger partial charge in [-0.2, -0.15) is 0 Å². The number of rotatable bonds is 8. The zero-order valence-corrected chi connectivity index (χ0v) is 12.5. The molecule has 0 heterocycles. The van der Waals surface area contributed by atoms with Crippen molar-refractivity contribution in [3.05, 3.63) is 29.8 Å². The Labute approximate surface area is 127 Å². The van der Waals surface area contributed by atoms with Crippen molar-refractivity contribution in [3.8, 4) is 0 Å². The summed E-state index contributed by atoms with van der Waals surface area (Å²) < 4.78 is 0. The Morgan fingerprint density at radius 1 is 1.05 bits per heavy atom. The molecule has 0 aromatic heterocycles. The first-order valence-corrected chi connectivity index (χ1v) is 7.40. The van der Waals surface area contributed by atoms with Crippen molar-refractivity contribution in [1.82, 2.24) is 10.6 Å². The van der Waals surface area contributed by atoms with Gasteiger partial charge >= 0.3 is 5.97 Å². The van der Waals surface area contributed by atoms with Crippen LogP contribution >= 0.6 is 11.8 Å². The molecule has 0 saturated carbocycles. The monoisotopic (exact) mass is 310 g/mol. The molecule has 0 saturated heterocycles. The summed E-state index contributed by atoms with van der Waals surface area (Å²) in [6.07, 6.45) is 0.296. The number of carboxylic acids is 1. The highest BCUT2D eigenvalue weighted by Gasteiger charge is 2.06. The summed E-state index contributed by atoms with van der Waals surface area (Å²) in [5, 5.41) is 13.0. The van der Waals surface area contributed by atoms with Gasteiger partial charge < -0.3 is 15.7 Å². The SMILES string of the molecule is Cc1ccc(SCCC(=O)NCC(=O)NCC(=O)O)cc1. The van der Waals surface area contributed by atoms with E-state index in [2.05, 4.69) is 10.6 Å². The van der Waals surface area contributed by atoms with Crippen molar-refractivity contribution in [2.75, 3.05) is 18.8 Å². The molecule has 0 aliphatic rings. The fraction of sp³-hybridized carbons (Fsp3) is 0.357. The number of benzene rings is 1. The van der Waals surface area contributed by atoms with Gasteiger partial charge in [0.15, 0.2) is 0 Å². The highest BCUT2D eigenvalue weighted by atomic mass is 32.2. The molecule has 0 radical (unpaired) electrons. The minimum atomic E-state index is -1.12. The molecule has 21 heavy (non-hydrogen) atoms. The molecule has 0 spiro atoms. The average molecular weight is 310 g/mol. The first kappa shape index (κ1) is 17.0. The number of hydrogen-bond acceptors (Lipinski definition) is 4. The summed E-state index contributed by atoms with van der Waals surface area (Å²) in [6.45, 7) is 1.36. The van der Waals surface area contributed by atoms with Crippen LogP contribution in [0.3, 0.4) is 0 Å². The number of aliphatic carboxylic acids is 1. The summed E-state index contributed by atoms with van der Waals surface area (Å²) in [5.74, 6) is -1.26. The van der Waals surface area contributed by atoms with Crippen LogP contribution in [0.4, 0.5) is 0 Å². The molecule has 3 N–H and O–H groups in total. The molecule has 0 atom stereocenters. The summed E-state index contributed by atoms with van der Waals surface area (Å²) in [5.41, 5.74) is 1.18. The first-order valence-electron chi connectivity index (χ1n) is 6.42. The molecular formula is C14H18N2O4S. The second-order valence-electron chi connectivity index (χ2n) is 4.36. The topological polar surface area (TPSA) is 95.5 Å². The highest BCUT2D eigenvalue weighted by Crippen LogP contribution is 2.18. The molecule has 114 valence electrons. The van der Waals surface area contributed by atoms with Crippen LogP contribution in [0, 0.1) is 6.92 Å². The second-order valence-corrected chi connectivity index (χ2v) is 5.53. The van der Waals surface area contributed by atoms with Gasteiger partial charge in [0, 0.05) is 17.1 Å². The number of carboxylic acid groups (broad SMARTS) is 1. The number of carbonyl (C=O) groups excluding carboxylic acids is 2. The molecule has 0 bridgehead atoms. The smallest absolute Gasteiger partial charge is 0.322 e. The predicted molar refractivity (Wildman–Crippen MR) is 80.2 cm³/mol. The van der Waals surface area contributed by atoms with Crippen LogP contribution in [0.15, 0.2) is 29.2 Å². The van der Waals surface area contributed by atoms with E-state index in [9.17, 15) is 14.4 Å². The van der Waals surface area contributed by atoms with Gasteiger partial charge in [0.2, 0.25) is 11.8 Å². The Bertz CT molecular complexity index is 502. The van der Waals surface area contributed by atoms with Crippen molar-refractivity contribution in [3.63, 3.8) is 0 Å². The Kier molecular flexibility index (Phi) is 7.31. The zero-order valence-electron chi connectivity index (χ0n) is 11.7. The van der Waals surface area contributed by atoms with E-state index < -0.39 is 18.4 Å². The van der Waals surface area contributed by atoms with Gasteiger partial charge in [0.1, 0.15) is 6.54 Å². The molecule has 7 heteroatoms. The van der Waals surface area contributed by atoms with Gasteiger partial charge in [-0.1, -0.05) is 17.7 Å². The summed E-state index contributed by atoms with van der Waals surface area (Å²) in [4.78, 5) is 34.0. The lowest BCUT2D eigenvalue weighted by Gasteiger charge is -2.05. The van der Waals surface area contributed by atoms with Gasteiger partial charge in [0.05, 0.1) is 6.54 Å². The molecule has 1 aromatic rings. The van der Waals surface area contributed by atoms with Crippen LogP contribution < -0.4 is 10.6 Å².